The molecule has 2 heteroatoms. The summed E-state index contributed by atoms with van der Waals surface area (Å²) in [4.78, 5) is 0. The molecule has 0 amide bonds. The lowest BCUT2D eigenvalue weighted by Gasteiger charge is -2.22. The Morgan fingerprint density at radius 3 is 1.95 bits per heavy atom. The highest BCUT2D eigenvalue weighted by atomic mass is 16.3. The molecule has 0 aliphatic rings. The highest BCUT2D eigenvalue weighted by molar-refractivity contribution is 5.25. The molecule has 0 fully saturated rings. The van der Waals surface area contributed by atoms with Crippen LogP contribution in [-0.4, -0.2) is 17.7 Å². The van der Waals surface area contributed by atoms with Crippen LogP contribution in [-0.2, 0) is 6.42 Å². The molecule has 0 atom stereocenters. The van der Waals surface area contributed by atoms with Crippen LogP contribution >= 0.6 is 0 Å². The van der Waals surface area contributed by atoms with Crippen LogP contribution in [0.2, 0.25) is 0 Å². The maximum Gasteiger partial charge on any atom is 0.115 e. The summed E-state index contributed by atoms with van der Waals surface area (Å²) in [6.45, 7) is 10.2. The third-order valence-corrected chi connectivity index (χ3v) is 3.29. The SMILES string of the molecule is CC(C)CC(CC(C)C)NCCc1ccc(O)cc1. The van der Waals surface area contributed by atoms with Gasteiger partial charge in [-0.25, -0.2) is 0 Å². The number of benzene rings is 1. The van der Waals surface area contributed by atoms with E-state index in [-0.39, 0.29) is 0 Å². The zero-order valence-electron chi connectivity index (χ0n) is 12.8. The van der Waals surface area contributed by atoms with E-state index in [1.165, 1.54) is 18.4 Å². The minimum Gasteiger partial charge on any atom is -0.508 e. The van der Waals surface area contributed by atoms with E-state index in [1.54, 1.807) is 12.1 Å². The topological polar surface area (TPSA) is 32.3 Å². The van der Waals surface area contributed by atoms with Gasteiger partial charge in [0.1, 0.15) is 5.75 Å². The van der Waals surface area contributed by atoms with E-state index in [0.717, 1.165) is 24.8 Å². The molecule has 0 bridgehead atoms. The van der Waals surface area contributed by atoms with Crippen molar-refractivity contribution in [1.82, 2.24) is 5.32 Å². The fourth-order valence-corrected chi connectivity index (χ4v) is 2.48. The van der Waals surface area contributed by atoms with Gasteiger partial charge in [0.15, 0.2) is 0 Å². The first-order chi connectivity index (χ1) is 8.97. The van der Waals surface area contributed by atoms with Crippen LogP contribution in [0.4, 0.5) is 0 Å². The summed E-state index contributed by atoms with van der Waals surface area (Å²) in [6, 6.07) is 8.13. The Hall–Kier alpha value is -1.02. The summed E-state index contributed by atoms with van der Waals surface area (Å²) < 4.78 is 0. The van der Waals surface area contributed by atoms with Crippen molar-refractivity contribution in [3.05, 3.63) is 29.8 Å². The van der Waals surface area contributed by atoms with Crippen molar-refractivity contribution in [2.45, 2.75) is 53.0 Å². The van der Waals surface area contributed by atoms with E-state index >= 15 is 0 Å². The number of phenolic OH excluding ortho intramolecular Hbond substituents is 1. The van der Waals surface area contributed by atoms with Crippen molar-refractivity contribution in [2.24, 2.45) is 11.8 Å². The summed E-state index contributed by atoms with van der Waals surface area (Å²) in [7, 11) is 0. The molecule has 0 radical (unpaired) electrons. The molecule has 2 nitrogen and oxygen atoms in total. The van der Waals surface area contributed by atoms with Gasteiger partial charge in [0.05, 0.1) is 0 Å². The molecule has 1 aromatic carbocycles. The molecule has 0 spiro atoms. The predicted octanol–water partition coefficient (Wildman–Crippen LogP) is 3.99. The van der Waals surface area contributed by atoms with Gasteiger partial charge in [-0.2, -0.15) is 0 Å². The molecule has 0 aliphatic heterocycles. The van der Waals surface area contributed by atoms with Crippen LogP contribution in [0.15, 0.2) is 24.3 Å². The van der Waals surface area contributed by atoms with Crippen LogP contribution in [0.3, 0.4) is 0 Å². The van der Waals surface area contributed by atoms with Crippen LogP contribution in [0.1, 0.15) is 46.1 Å². The molecule has 0 saturated carbocycles. The van der Waals surface area contributed by atoms with Crippen molar-refractivity contribution in [3.8, 4) is 5.75 Å². The Balaban J connectivity index is 2.36. The van der Waals surface area contributed by atoms with Crippen molar-refractivity contribution in [2.75, 3.05) is 6.54 Å². The lowest BCUT2D eigenvalue weighted by molar-refractivity contribution is 0.361. The molecule has 0 saturated heterocycles. The number of rotatable bonds is 8. The summed E-state index contributed by atoms with van der Waals surface area (Å²) >= 11 is 0. The normalized spacial score (nSPS) is 11.7. The Kier molecular flexibility index (Phi) is 6.93. The lowest BCUT2D eigenvalue weighted by Crippen LogP contribution is -2.33. The summed E-state index contributed by atoms with van der Waals surface area (Å²) in [5.74, 6) is 1.82. The third-order valence-electron chi connectivity index (χ3n) is 3.29. The Bertz CT molecular complexity index is 333. The smallest absolute Gasteiger partial charge is 0.115 e. The second-order valence-corrected chi connectivity index (χ2v) is 6.33. The van der Waals surface area contributed by atoms with Gasteiger partial charge in [-0.05, 0) is 55.3 Å². The average molecular weight is 263 g/mol. The van der Waals surface area contributed by atoms with Crippen LogP contribution in [0, 0.1) is 11.8 Å². The summed E-state index contributed by atoms with van der Waals surface area (Å²) in [5, 5.41) is 12.9. The third kappa shape index (κ3) is 7.22. The number of nitrogens with one attached hydrogen (secondary N) is 1. The molecular formula is C17H29NO. The molecule has 1 aromatic rings. The second-order valence-electron chi connectivity index (χ2n) is 6.33. The molecule has 2 N–H and O–H groups in total. The van der Waals surface area contributed by atoms with E-state index in [1.807, 2.05) is 12.1 Å². The quantitative estimate of drug-likeness (QED) is 0.743. The molecule has 0 heterocycles. The first-order valence-electron chi connectivity index (χ1n) is 7.48. The zero-order valence-corrected chi connectivity index (χ0v) is 12.8. The monoisotopic (exact) mass is 263 g/mol. The van der Waals surface area contributed by atoms with Crippen LogP contribution in [0.25, 0.3) is 0 Å². The van der Waals surface area contributed by atoms with Gasteiger partial charge in [0, 0.05) is 6.04 Å². The molecule has 0 unspecified atom stereocenters. The summed E-state index contributed by atoms with van der Waals surface area (Å²) in [6.07, 6.45) is 3.51. The Labute approximate surface area is 118 Å². The first-order valence-corrected chi connectivity index (χ1v) is 7.48. The van der Waals surface area contributed by atoms with Crippen molar-refractivity contribution in [1.29, 1.82) is 0 Å². The predicted molar refractivity (Wildman–Crippen MR) is 82.5 cm³/mol. The van der Waals surface area contributed by atoms with Gasteiger partial charge in [-0.3, -0.25) is 0 Å². The van der Waals surface area contributed by atoms with Crippen molar-refractivity contribution < 1.29 is 5.11 Å². The first kappa shape index (κ1) is 16.0. The minimum atomic E-state index is 0.342. The number of hydrogen-bond donors (Lipinski definition) is 2. The molecule has 108 valence electrons. The molecule has 0 aliphatic carbocycles. The molecule has 1 rings (SSSR count). The van der Waals surface area contributed by atoms with E-state index in [4.69, 9.17) is 0 Å². The summed E-state index contributed by atoms with van der Waals surface area (Å²) in [5.41, 5.74) is 1.28. The standard InChI is InChI=1S/C17H29NO/c1-13(2)11-16(12-14(3)4)18-10-9-15-5-7-17(19)8-6-15/h5-8,13-14,16,18-19H,9-12H2,1-4H3. The largest absolute Gasteiger partial charge is 0.508 e. The van der Waals surface area contributed by atoms with Crippen LogP contribution in [0.5, 0.6) is 5.75 Å². The Morgan fingerprint density at radius 1 is 0.947 bits per heavy atom. The number of phenols is 1. The molecular weight excluding hydrogens is 234 g/mol. The van der Waals surface area contributed by atoms with E-state index in [9.17, 15) is 5.11 Å². The van der Waals surface area contributed by atoms with Gasteiger partial charge in [0.2, 0.25) is 0 Å². The van der Waals surface area contributed by atoms with E-state index in [0.29, 0.717) is 11.8 Å². The van der Waals surface area contributed by atoms with Crippen molar-refractivity contribution in [3.63, 3.8) is 0 Å². The highest BCUT2D eigenvalue weighted by Gasteiger charge is 2.11. The fourth-order valence-electron chi connectivity index (χ4n) is 2.48. The average Bonchev–Trinajstić information content (AvgIpc) is 2.30. The molecule has 0 aromatic heterocycles. The number of hydrogen-bond acceptors (Lipinski definition) is 2. The fraction of sp³-hybridized carbons (Fsp3) is 0.647. The van der Waals surface area contributed by atoms with Gasteiger partial charge in [0.25, 0.3) is 0 Å². The van der Waals surface area contributed by atoms with Gasteiger partial charge in [-0.15, -0.1) is 0 Å². The minimum absolute atomic E-state index is 0.342. The highest BCUT2D eigenvalue weighted by Crippen LogP contribution is 2.14. The van der Waals surface area contributed by atoms with Crippen molar-refractivity contribution >= 4 is 0 Å². The van der Waals surface area contributed by atoms with Crippen LogP contribution < -0.4 is 5.32 Å². The Morgan fingerprint density at radius 2 is 1.47 bits per heavy atom. The second kappa shape index (κ2) is 8.21. The lowest BCUT2D eigenvalue weighted by atomic mass is 9.95. The zero-order chi connectivity index (χ0) is 14.3. The number of aromatic hydroxyl groups is 1. The van der Waals surface area contributed by atoms with Gasteiger partial charge in [-0.1, -0.05) is 39.8 Å². The van der Waals surface area contributed by atoms with E-state index in [2.05, 4.69) is 33.0 Å². The maximum absolute atomic E-state index is 9.25. The van der Waals surface area contributed by atoms with Gasteiger partial charge < -0.3 is 10.4 Å². The maximum atomic E-state index is 9.25. The van der Waals surface area contributed by atoms with Gasteiger partial charge >= 0.3 is 0 Å². The van der Waals surface area contributed by atoms with E-state index < -0.39 is 0 Å². The molecule has 19 heavy (non-hydrogen) atoms.